The molecular weight excluding hydrogens is 485 g/mol. The van der Waals surface area contributed by atoms with Gasteiger partial charge in [0.25, 0.3) is 0 Å². The number of fused-ring (bicyclic) bond motifs is 1. The molecule has 0 radical (unpaired) electrons. The molecule has 0 unspecified atom stereocenters. The number of para-hydroxylation sites is 1. The summed E-state index contributed by atoms with van der Waals surface area (Å²) in [5.41, 5.74) is 0.960. The minimum atomic E-state index is -4.55. The highest BCUT2D eigenvalue weighted by atomic mass is 32.1. The van der Waals surface area contributed by atoms with Crippen molar-refractivity contribution in [1.29, 1.82) is 0 Å². The first-order chi connectivity index (χ1) is 17.4. The zero-order chi connectivity index (χ0) is 25.1. The average Bonchev–Trinajstić information content (AvgIpc) is 3.55. The van der Waals surface area contributed by atoms with Crippen LogP contribution in [0.25, 0.3) is 10.2 Å². The van der Waals surface area contributed by atoms with Crippen LogP contribution in [0.2, 0.25) is 0 Å². The molecule has 36 heavy (non-hydrogen) atoms. The van der Waals surface area contributed by atoms with E-state index < -0.39 is 11.7 Å². The lowest BCUT2D eigenvalue weighted by Crippen LogP contribution is -2.31. The Morgan fingerprint density at radius 3 is 2.14 bits per heavy atom. The molecule has 0 bridgehead atoms. The summed E-state index contributed by atoms with van der Waals surface area (Å²) in [6.45, 7) is 0.0588. The molecule has 0 aliphatic heterocycles. The van der Waals surface area contributed by atoms with E-state index in [0.29, 0.717) is 10.5 Å². The van der Waals surface area contributed by atoms with Crippen LogP contribution in [0.3, 0.4) is 0 Å². The van der Waals surface area contributed by atoms with E-state index in [-0.39, 0.29) is 35.4 Å². The van der Waals surface area contributed by atoms with Crippen molar-refractivity contribution in [3.63, 3.8) is 0 Å². The third-order valence-electron chi connectivity index (χ3n) is 5.92. The van der Waals surface area contributed by atoms with Gasteiger partial charge in [0.05, 0.1) is 28.6 Å². The van der Waals surface area contributed by atoms with Gasteiger partial charge < -0.3 is 4.42 Å². The number of benzene rings is 3. The number of halogens is 3. The Morgan fingerprint density at radius 1 is 0.889 bits per heavy atom. The summed E-state index contributed by atoms with van der Waals surface area (Å²) in [4.78, 5) is 19.5. The van der Waals surface area contributed by atoms with E-state index in [0.717, 1.165) is 28.5 Å². The van der Waals surface area contributed by atoms with Crippen molar-refractivity contribution in [1.82, 2.24) is 4.98 Å². The number of anilines is 1. The van der Waals surface area contributed by atoms with Gasteiger partial charge >= 0.3 is 6.18 Å². The third-order valence-corrected chi connectivity index (χ3v) is 6.97. The number of hydrogen-bond donors (Lipinski definition) is 0. The number of alkyl halides is 3. The number of amides is 1. The minimum Gasteiger partial charge on any atom is -0.467 e. The Balaban J connectivity index is 1.54. The number of carbonyl (C=O) groups is 1. The van der Waals surface area contributed by atoms with Crippen LogP contribution in [0.1, 0.15) is 34.8 Å². The van der Waals surface area contributed by atoms with E-state index in [1.807, 2.05) is 60.7 Å². The molecule has 0 atom stereocenters. The second kappa shape index (κ2) is 9.99. The molecule has 1 amide bonds. The molecule has 2 heterocycles. The lowest BCUT2D eigenvalue weighted by Gasteiger charge is -2.23. The quantitative estimate of drug-likeness (QED) is 0.228. The van der Waals surface area contributed by atoms with Crippen LogP contribution in [0, 0.1) is 0 Å². The first-order valence-corrected chi connectivity index (χ1v) is 12.1. The summed E-state index contributed by atoms with van der Waals surface area (Å²) in [5.74, 6) is 0.00506. The van der Waals surface area contributed by atoms with Crippen LogP contribution >= 0.6 is 11.3 Å². The molecule has 0 N–H and O–H groups in total. The van der Waals surface area contributed by atoms with Gasteiger partial charge in [-0.05, 0) is 35.4 Å². The standard InChI is InChI=1S/C28H21F3N2O2S/c29-28(30,31)23-14-7-15-24-26(23)32-27(36-24)33(18-21-13-8-16-35-21)25(34)17-22(19-9-3-1-4-10-19)20-11-5-2-6-12-20/h1-16,22H,17-18H2. The molecule has 5 aromatic rings. The van der Waals surface area contributed by atoms with Gasteiger partial charge in [-0.2, -0.15) is 13.2 Å². The molecule has 0 spiro atoms. The van der Waals surface area contributed by atoms with Crippen LogP contribution < -0.4 is 4.90 Å². The molecule has 2 aromatic heterocycles. The summed E-state index contributed by atoms with van der Waals surface area (Å²) in [5, 5.41) is 0.197. The Hall–Kier alpha value is -3.91. The Labute approximate surface area is 209 Å². The average molecular weight is 507 g/mol. The van der Waals surface area contributed by atoms with Gasteiger partial charge in [-0.1, -0.05) is 78.1 Å². The van der Waals surface area contributed by atoms with Crippen LogP contribution in [-0.4, -0.2) is 10.9 Å². The Kier molecular flexibility index (Phi) is 6.61. The fourth-order valence-corrected chi connectivity index (χ4v) is 5.19. The van der Waals surface area contributed by atoms with Gasteiger partial charge in [-0.3, -0.25) is 9.69 Å². The van der Waals surface area contributed by atoms with Gasteiger partial charge in [-0.15, -0.1) is 0 Å². The first-order valence-electron chi connectivity index (χ1n) is 11.3. The fraction of sp³-hybridized carbons (Fsp3) is 0.143. The molecule has 0 saturated carbocycles. The smallest absolute Gasteiger partial charge is 0.418 e. The fourth-order valence-electron chi connectivity index (χ4n) is 4.19. The summed E-state index contributed by atoms with van der Waals surface area (Å²) < 4.78 is 46.7. The van der Waals surface area contributed by atoms with Gasteiger partial charge in [0.15, 0.2) is 5.13 Å². The van der Waals surface area contributed by atoms with Crippen LogP contribution in [0.5, 0.6) is 0 Å². The highest BCUT2D eigenvalue weighted by Crippen LogP contribution is 2.39. The molecule has 0 aliphatic rings. The van der Waals surface area contributed by atoms with E-state index in [9.17, 15) is 18.0 Å². The number of aromatic nitrogens is 1. The Bertz CT molecular complexity index is 1410. The molecule has 0 aliphatic carbocycles. The first kappa shape index (κ1) is 23.8. The van der Waals surface area contributed by atoms with Crippen LogP contribution in [-0.2, 0) is 17.5 Å². The summed E-state index contributed by atoms with van der Waals surface area (Å²) in [6.07, 6.45) is -2.95. The van der Waals surface area contributed by atoms with Gasteiger partial charge in [0.1, 0.15) is 5.76 Å². The Morgan fingerprint density at radius 2 is 1.56 bits per heavy atom. The number of thiazole rings is 1. The van der Waals surface area contributed by atoms with Gasteiger partial charge in [-0.25, -0.2) is 4.98 Å². The molecule has 3 aromatic carbocycles. The van der Waals surface area contributed by atoms with Crippen molar-refractivity contribution < 1.29 is 22.4 Å². The number of carbonyl (C=O) groups excluding carboxylic acids is 1. The molecule has 182 valence electrons. The third kappa shape index (κ3) is 5.04. The van der Waals surface area contributed by atoms with Crippen molar-refractivity contribution in [3.05, 3.63) is 120 Å². The van der Waals surface area contributed by atoms with Gasteiger partial charge in [0.2, 0.25) is 5.91 Å². The number of furan rings is 1. The number of nitrogens with zero attached hydrogens (tertiary/aromatic N) is 2. The van der Waals surface area contributed by atoms with E-state index in [1.165, 1.54) is 17.2 Å². The van der Waals surface area contributed by atoms with E-state index in [2.05, 4.69) is 4.98 Å². The molecule has 0 fully saturated rings. The van der Waals surface area contributed by atoms with Crippen LogP contribution in [0.15, 0.2) is 102 Å². The van der Waals surface area contributed by atoms with Crippen LogP contribution in [0.4, 0.5) is 18.3 Å². The van der Waals surface area contributed by atoms with Crippen molar-refractivity contribution in [3.8, 4) is 0 Å². The lowest BCUT2D eigenvalue weighted by molar-refractivity contribution is -0.136. The number of hydrogen-bond acceptors (Lipinski definition) is 4. The lowest BCUT2D eigenvalue weighted by atomic mass is 9.88. The van der Waals surface area contributed by atoms with Crippen molar-refractivity contribution in [2.75, 3.05) is 4.90 Å². The van der Waals surface area contributed by atoms with Crippen molar-refractivity contribution in [2.45, 2.75) is 25.1 Å². The molecule has 8 heteroatoms. The predicted molar refractivity (Wildman–Crippen MR) is 134 cm³/mol. The second-order valence-corrected chi connectivity index (χ2v) is 9.29. The van der Waals surface area contributed by atoms with E-state index >= 15 is 0 Å². The van der Waals surface area contributed by atoms with Crippen molar-refractivity contribution >= 4 is 32.6 Å². The topological polar surface area (TPSA) is 46.3 Å². The zero-order valence-electron chi connectivity index (χ0n) is 19.0. The maximum Gasteiger partial charge on any atom is 0.418 e. The minimum absolute atomic E-state index is 0.0588. The SMILES string of the molecule is O=C(CC(c1ccccc1)c1ccccc1)N(Cc1ccco1)c1nc2c(C(F)(F)F)cccc2s1. The summed E-state index contributed by atoms with van der Waals surface area (Å²) >= 11 is 1.06. The molecule has 0 saturated heterocycles. The number of rotatable bonds is 7. The molecule has 5 rings (SSSR count). The van der Waals surface area contributed by atoms with Gasteiger partial charge in [0, 0.05) is 12.3 Å². The highest BCUT2D eigenvalue weighted by molar-refractivity contribution is 7.22. The molecular formula is C28H21F3N2O2S. The monoisotopic (exact) mass is 506 g/mol. The summed E-state index contributed by atoms with van der Waals surface area (Å²) in [6, 6.07) is 26.7. The molecule has 4 nitrogen and oxygen atoms in total. The second-order valence-electron chi connectivity index (χ2n) is 8.28. The normalized spacial score (nSPS) is 11.8. The highest BCUT2D eigenvalue weighted by Gasteiger charge is 2.34. The van der Waals surface area contributed by atoms with Crippen molar-refractivity contribution in [2.24, 2.45) is 0 Å². The zero-order valence-corrected chi connectivity index (χ0v) is 19.8. The van der Waals surface area contributed by atoms with E-state index in [1.54, 1.807) is 18.2 Å². The summed E-state index contributed by atoms with van der Waals surface area (Å²) in [7, 11) is 0. The largest absolute Gasteiger partial charge is 0.467 e. The predicted octanol–water partition coefficient (Wildman–Crippen LogP) is 7.66. The maximum absolute atomic E-state index is 13.8. The van der Waals surface area contributed by atoms with E-state index in [4.69, 9.17) is 4.42 Å². The maximum atomic E-state index is 13.8.